The van der Waals surface area contributed by atoms with Crippen LogP contribution in [0.1, 0.15) is 26.7 Å². The number of rotatable bonds is 6. The van der Waals surface area contributed by atoms with E-state index < -0.39 is 0 Å². The van der Waals surface area contributed by atoms with Crippen LogP contribution in [0, 0.1) is 5.92 Å². The van der Waals surface area contributed by atoms with E-state index in [0.717, 1.165) is 39.3 Å². The normalized spacial score (nSPS) is 25.6. The maximum atomic E-state index is 10.1. The van der Waals surface area contributed by atoms with Crippen molar-refractivity contribution in [1.29, 1.82) is 0 Å². The standard InChI is InChI=1S/C12H24N2O/c1-3-13(4-2)7-8-14-9-12(15,10-14)11-5-6-11/h11,15H,3-10H2,1-2H3. The van der Waals surface area contributed by atoms with Gasteiger partial charge in [0.1, 0.15) is 0 Å². The summed E-state index contributed by atoms with van der Waals surface area (Å²) in [5.74, 6) is 0.627. The summed E-state index contributed by atoms with van der Waals surface area (Å²) in [5, 5.41) is 10.1. The Morgan fingerprint density at radius 3 is 2.33 bits per heavy atom. The summed E-state index contributed by atoms with van der Waals surface area (Å²) in [6.07, 6.45) is 2.50. The fourth-order valence-electron chi connectivity index (χ4n) is 2.59. The molecule has 1 N–H and O–H groups in total. The summed E-state index contributed by atoms with van der Waals surface area (Å²) < 4.78 is 0. The van der Waals surface area contributed by atoms with Crippen molar-refractivity contribution in [1.82, 2.24) is 9.80 Å². The number of likely N-dealkylation sites (tertiary alicyclic amines) is 1. The van der Waals surface area contributed by atoms with Crippen LogP contribution in [0.25, 0.3) is 0 Å². The topological polar surface area (TPSA) is 26.7 Å². The van der Waals surface area contributed by atoms with Gasteiger partial charge >= 0.3 is 0 Å². The second kappa shape index (κ2) is 4.40. The molecule has 0 aromatic carbocycles. The molecule has 0 unspecified atom stereocenters. The fraction of sp³-hybridized carbons (Fsp3) is 1.00. The number of hydrogen-bond acceptors (Lipinski definition) is 3. The smallest absolute Gasteiger partial charge is 0.0928 e. The van der Waals surface area contributed by atoms with Crippen LogP contribution < -0.4 is 0 Å². The van der Waals surface area contributed by atoms with Gasteiger partial charge in [0.2, 0.25) is 0 Å². The molecule has 88 valence electrons. The van der Waals surface area contributed by atoms with Crippen molar-refractivity contribution < 1.29 is 5.11 Å². The predicted molar refractivity (Wildman–Crippen MR) is 61.9 cm³/mol. The van der Waals surface area contributed by atoms with E-state index in [4.69, 9.17) is 0 Å². The minimum absolute atomic E-state index is 0.302. The lowest BCUT2D eigenvalue weighted by atomic mass is 9.89. The molecule has 3 heteroatoms. The highest BCUT2D eigenvalue weighted by atomic mass is 16.3. The first-order chi connectivity index (χ1) is 7.18. The summed E-state index contributed by atoms with van der Waals surface area (Å²) in [5.41, 5.74) is -0.302. The van der Waals surface area contributed by atoms with Gasteiger partial charge in [0.15, 0.2) is 0 Å². The predicted octanol–water partition coefficient (Wildman–Crippen LogP) is 0.785. The van der Waals surface area contributed by atoms with Gasteiger partial charge in [-0.05, 0) is 31.8 Å². The molecule has 1 saturated carbocycles. The number of likely N-dealkylation sites (N-methyl/N-ethyl adjacent to an activating group) is 1. The molecule has 3 nitrogen and oxygen atoms in total. The Labute approximate surface area is 93.1 Å². The van der Waals surface area contributed by atoms with Gasteiger partial charge in [-0.2, -0.15) is 0 Å². The molecule has 2 rings (SSSR count). The Balaban J connectivity index is 1.62. The Morgan fingerprint density at radius 2 is 1.87 bits per heavy atom. The highest BCUT2D eigenvalue weighted by Gasteiger charge is 2.51. The third-order valence-electron chi connectivity index (χ3n) is 3.96. The summed E-state index contributed by atoms with van der Waals surface area (Å²) in [6, 6.07) is 0. The highest BCUT2D eigenvalue weighted by molar-refractivity contribution is 5.05. The quantitative estimate of drug-likeness (QED) is 0.705. The van der Waals surface area contributed by atoms with Crippen molar-refractivity contribution in [3.8, 4) is 0 Å². The Kier molecular flexibility index (Phi) is 3.33. The number of nitrogens with zero attached hydrogens (tertiary/aromatic N) is 2. The molecular formula is C12H24N2O. The van der Waals surface area contributed by atoms with Gasteiger partial charge in [-0.15, -0.1) is 0 Å². The van der Waals surface area contributed by atoms with E-state index in [2.05, 4.69) is 23.6 Å². The van der Waals surface area contributed by atoms with Gasteiger partial charge in [0.05, 0.1) is 5.60 Å². The van der Waals surface area contributed by atoms with Gasteiger partial charge < -0.3 is 10.0 Å². The van der Waals surface area contributed by atoms with Crippen LogP contribution >= 0.6 is 0 Å². The Bertz CT molecular complexity index is 206. The molecule has 0 amide bonds. The molecule has 0 aromatic heterocycles. The maximum absolute atomic E-state index is 10.1. The van der Waals surface area contributed by atoms with Crippen LogP contribution in [0.4, 0.5) is 0 Å². The number of β-amino-alcohol motifs (C(OH)–C–C–N with tert-alkyl or cyclic N) is 1. The minimum atomic E-state index is -0.302. The SMILES string of the molecule is CCN(CC)CCN1CC(O)(C2CC2)C1. The molecule has 15 heavy (non-hydrogen) atoms. The van der Waals surface area contributed by atoms with Crippen LogP contribution in [-0.2, 0) is 0 Å². The lowest BCUT2D eigenvalue weighted by molar-refractivity contribution is -0.114. The average Bonchev–Trinajstić information content (AvgIpc) is 2.99. The first-order valence-corrected chi connectivity index (χ1v) is 6.35. The molecule has 0 spiro atoms. The van der Waals surface area contributed by atoms with Crippen LogP contribution in [0.5, 0.6) is 0 Å². The monoisotopic (exact) mass is 212 g/mol. The molecule has 0 aromatic rings. The van der Waals surface area contributed by atoms with Crippen LogP contribution in [0.2, 0.25) is 0 Å². The third-order valence-corrected chi connectivity index (χ3v) is 3.96. The zero-order valence-corrected chi connectivity index (χ0v) is 10.1. The Hall–Kier alpha value is -0.120. The van der Waals surface area contributed by atoms with Gasteiger partial charge in [0, 0.05) is 26.2 Å². The van der Waals surface area contributed by atoms with Gasteiger partial charge in [0.25, 0.3) is 0 Å². The van der Waals surface area contributed by atoms with Gasteiger partial charge in [-0.1, -0.05) is 13.8 Å². The minimum Gasteiger partial charge on any atom is -0.387 e. The lowest BCUT2D eigenvalue weighted by Gasteiger charge is -2.47. The molecule has 0 atom stereocenters. The van der Waals surface area contributed by atoms with E-state index in [0.29, 0.717) is 5.92 Å². The summed E-state index contributed by atoms with van der Waals surface area (Å²) in [7, 11) is 0. The van der Waals surface area contributed by atoms with E-state index in [9.17, 15) is 5.11 Å². The van der Waals surface area contributed by atoms with Crippen molar-refractivity contribution in [2.24, 2.45) is 5.92 Å². The second-order valence-corrected chi connectivity index (χ2v) is 5.12. The first kappa shape index (κ1) is 11.4. The molecule has 1 aliphatic heterocycles. The average molecular weight is 212 g/mol. The molecular weight excluding hydrogens is 188 g/mol. The van der Waals surface area contributed by atoms with Gasteiger partial charge in [-0.25, -0.2) is 0 Å². The highest BCUT2D eigenvalue weighted by Crippen LogP contribution is 2.44. The summed E-state index contributed by atoms with van der Waals surface area (Å²) in [4.78, 5) is 4.82. The van der Waals surface area contributed by atoms with E-state index in [1.165, 1.54) is 12.8 Å². The molecule has 2 aliphatic rings. The van der Waals surface area contributed by atoms with Crippen LogP contribution in [0.15, 0.2) is 0 Å². The lowest BCUT2D eigenvalue weighted by Crippen LogP contribution is -2.64. The van der Waals surface area contributed by atoms with E-state index in [1.54, 1.807) is 0 Å². The zero-order chi connectivity index (χ0) is 10.9. The fourth-order valence-corrected chi connectivity index (χ4v) is 2.59. The van der Waals surface area contributed by atoms with E-state index in [-0.39, 0.29) is 5.60 Å². The van der Waals surface area contributed by atoms with Gasteiger partial charge in [-0.3, -0.25) is 4.90 Å². The molecule has 1 saturated heterocycles. The summed E-state index contributed by atoms with van der Waals surface area (Å²) in [6.45, 7) is 10.8. The largest absolute Gasteiger partial charge is 0.387 e. The third kappa shape index (κ3) is 2.52. The first-order valence-electron chi connectivity index (χ1n) is 6.35. The number of aliphatic hydroxyl groups is 1. The molecule has 1 aliphatic carbocycles. The molecule has 0 radical (unpaired) electrons. The second-order valence-electron chi connectivity index (χ2n) is 5.12. The molecule has 0 bridgehead atoms. The van der Waals surface area contributed by atoms with Crippen molar-refractivity contribution >= 4 is 0 Å². The molecule has 2 fully saturated rings. The van der Waals surface area contributed by atoms with E-state index >= 15 is 0 Å². The zero-order valence-electron chi connectivity index (χ0n) is 10.1. The van der Waals surface area contributed by atoms with Crippen LogP contribution in [-0.4, -0.2) is 59.8 Å². The van der Waals surface area contributed by atoms with Crippen molar-refractivity contribution in [2.75, 3.05) is 39.3 Å². The maximum Gasteiger partial charge on any atom is 0.0928 e. The molecule has 1 heterocycles. The van der Waals surface area contributed by atoms with Crippen molar-refractivity contribution in [3.63, 3.8) is 0 Å². The Morgan fingerprint density at radius 1 is 1.27 bits per heavy atom. The van der Waals surface area contributed by atoms with Crippen LogP contribution in [0.3, 0.4) is 0 Å². The number of hydrogen-bond donors (Lipinski definition) is 1. The van der Waals surface area contributed by atoms with Crippen molar-refractivity contribution in [3.05, 3.63) is 0 Å². The van der Waals surface area contributed by atoms with Crippen molar-refractivity contribution in [2.45, 2.75) is 32.3 Å². The summed E-state index contributed by atoms with van der Waals surface area (Å²) >= 11 is 0. The van der Waals surface area contributed by atoms with E-state index in [1.807, 2.05) is 0 Å².